The van der Waals surface area contributed by atoms with Gasteiger partial charge in [0.05, 0.1) is 5.71 Å². The van der Waals surface area contributed by atoms with Gasteiger partial charge in [-0.1, -0.05) is 38.1 Å². The van der Waals surface area contributed by atoms with Crippen LogP contribution in [0.3, 0.4) is 0 Å². The molecule has 0 aromatic heterocycles. The molecule has 1 rings (SSSR count). The molecule has 0 fully saturated rings. The van der Waals surface area contributed by atoms with Gasteiger partial charge in [-0.15, -0.1) is 0 Å². The molecule has 4 heteroatoms. The monoisotopic (exact) mass is 263 g/mol. The fourth-order valence-electron chi connectivity index (χ4n) is 1.61. The van der Waals surface area contributed by atoms with Crippen molar-refractivity contribution in [1.29, 1.82) is 0 Å². The van der Waals surface area contributed by atoms with Crippen LogP contribution in [0.4, 0.5) is 0 Å². The number of hydrazone groups is 1. The summed E-state index contributed by atoms with van der Waals surface area (Å²) in [6, 6.07) is 8.51. The van der Waals surface area contributed by atoms with Gasteiger partial charge in [0.2, 0.25) is 0 Å². The van der Waals surface area contributed by atoms with Gasteiger partial charge in [-0.25, -0.2) is 0 Å². The van der Waals surface area contributed by atoms with Gasteiger partial charge in [-0.05, 0) is 42.6 Å². The zero-order valence-corrected chi connectivity index (χ0v) is 12.3. The van der Waals surface area contributed by atoms with Crippen molar-refractivity contribution >= 4 is 23.0 Å². The van der Waals surface area contributed by atoms with Crippen LogP contribution in [-0.4, -0.2) is 17.9 Å². The quantitative estimate of drug-likeness (QED) is 0.498. The lowest BCUT2D eigenvalue weighted by molar-refractivity contribution is 0.647. The molecular formula is C14H21N3S. The molecule has 1 aromatic rings. The highest BCUT2D eigenvalue weighted by Crippen LogP contribution is 2.10. The summed E-state index contributed by atoms with van der Waals surface area (Å²) < 4.78 is 0. The van der Waals surface area contributed by atoms with Crippen molar-refractivity contribution in [3.63, 3.8) is 0 Å². The topological polar surface area (TPSA) is 36.4 Å². The third-order valence-corrected chi connectivity index (χ3v) is 2.86. The number of nitrogens with zero attached hydrogens (tertiary/aromatic N) is 1. The average molecular weight is 263 g/mol. The number of nitrogens with one attached hydrogen (secondary N) is 2. The van der Waals surface area contributed by atoms with E-state index in [2.05, 4.69) is 54.0 Å². The first-order valence-electron chi connectivity index (χ1n) is 6.14. The van der Waals surface area contributed by atoms with E-state index in [1.807, 2.05) is 6.92 Å². The lowest BCUT2D eigenvalue weighted by Gasteiger charge is -2.07. The van der Waals surface area contributed by atoms with E-state index in [-0.39, 0.29) is 0 Å². The van der Waals surface area contributed by atoms with Gasteiger partial charge >= 0.3 is 0 Å². The summed E-state index contributed by atoms with van der Waals surface area (Å²) in [7, 11) is 1.76. The number of benzene rings is 1. The molecule has 0 spiro atoms. The van der Waals surface area contributed by atoms with Crippen molar-refractivity contribution in [2.24, 2.45) is 11.0 Å². The molecule has 0 radical (unpaired) electrons. The molecule has 0 saturated carbocycles. The molecule has 0 saturated heterocycles. The van der Waals surface area contributed by atoms with Gasteiger partial charge in [-0.2, -0.15) is 5.10 Å². The van der Waals surface area contributed by atoms with E-state index in [0.29, 0.717) is 11.0 Å². The van der Waals surface area contributed by atoms with Crippen LogP contribution in [0.5, 0.6) is 0 Å². The van der Waals surface area contributed by atoms with Crippen molar-refractivity contribution in [2.75, 3.05) is 7.05 Å². The molecule has 0 aliphatic heterocycles. The van der Waals surface area contributed by atoms with Gasteiger partial charge < -0.3 is 5.32 Å². The van der Waals surface area contributed by atoms with Crippen LogP contribution in [0.1, 0.15) is 31.9 Å². The molecule has 0 unspecified atom stereocenters. The van der Waals surface area contributed by atoms with E-state index in [4.69, 9.17) is 12.2 Å². The Labute approximate surface area is 115 Å². The van der Waals surface area contributed by atoms with Crippen molar-refractivity contribution in [1.82, 2.24) is 10.7 Å². The van der Waals surface area contributed by atoms with Gasteiger partial charge in [0.25, 0.3) is 0 Å². The maximum atomic E-state index is 4.96. The minimum absolute atomic E-state index is 0.519. The summed E-state index contributed by atoms with van der Waals surface area (Å²) in [5, 5.41) is 7.55. The lowest BCUT2D eigenvalue weighted by Crippen LogP contribution is -2.29. The maximum Gasteiger partial charge on any atom is 0.186 e. The van der Waals surface area contributed by atoms with Crippen LogP contribution in [0.15, 0.2) is 29.4 Å². The van der Waals surface area contributed by atoms with Crippen LogP contribution < -0.4 is 10.7 Å². The second-order valence-electron chi connectivity index (χ2n) is 4.68. The summed E-state index contributed by atoms with van der Waals surface area (Å²) in [6.07, 6.45) is 1.11. The first-order valence-corrected chi connectivity index (χ1v) is 6.55. The highest BCUT2D eigenvalue weighted by molar-refractivity contribution is 7.80. The zero-order chi connectivity index (χ0) is 13.5. The van der Waals surface area contributed by atoms with Crippen LogP contribution >= 0.6 is 12.2 Å². The second-order valence-corrected chi connectivity index (χ2v) is 5.09. The van der Waals surface area contributed by atoms with E-state index in [9.17, 15) is 0 Å². The zero-order valence-electron chi connectivity index (χ0n) is 11.4. The van der Waals surface area contributed by atoms with Crippen LogP contribution in [-0.2, 0) is 6.42 Å². The van der Waals surface area contributed by atoms with E-state index >= 15 is 0 Å². The highest BCUT2D eigenvalue weighted by Gasteiger charge is 2.00. The molecule has 98 valence electrons. The maximum absolute atomic E-state index is 4.96. The summed E-state index contributed by atoms with van der Waals surface area (Å²) in [6.45, 7) is 6.41. The van der Waals surface area contributed by atoms with Crippen molar-refractivity contribution in [3.05, 3.63) is 35.4 Å². The molecule has 3 nitrogen and oxygen atoms in total. The molecule has 0 atom stereocenters. The molecule has 2 N–H and O–H groups in total. The van der Waals surface area contributed by atoms with Crippen LogP contribution in [0, 0.1) is 5.92 Å². The Morgan fingerprint density at radius 2 is 1.89 bits per heavy atom. The van der Waals surface area contributed by atoms with E-state index in [1.165, 1.54) is 5.56 Å². The van der Waals surface area contributed by atoms with Gasteiger partial charge in [0, 0.05) is 7.05 Å². The minimum atomic E-state index is 0.519. The summed E-state index contributed by atoms with van der Waals surface area (Å²) in [5.41, 5.74) is 6.17. The molecule has 0 aliphatic carbocycles. The summed E-state index contributed by atoms with van der Waals surface area (Å²) in [4.78, 5) is 0. The van der Waals surface area contributed by atoms with Gasteiger partial charge in [0.15, 0.2) is 5.11 Å². The average Bonchev–Trinajstić information content (AvgIpc) is 2.35. The molecule has 1 aromatic carbocycles. The Kier molecular flexibility index (Phi) is 5.78. The molecular weight excluding hydrogens is 242 g/mol. The number of thiocarbonyl (C=S) groups is 1. The van der Waals surface area contributed by atoms with Crippen LogP contribution in [0.25, 0.3) is 0 Å². The molecule has 18 heavy (non-hydrogen) atoms. The van der Waals surface area contributed by atoms with Crippen molar-refractivity contribution < 1.29 is 0 Å². The van der Waals surface area contributed by atoms with E-state index in [0.717, 1.165) is 17.7 Å². The predicted molar refractivity (Wildman–Crippen MR) is 82.0 cm³/mol. The summed E-state index contributed by atoms with van der Waals surface area (Å²) >= 11 is 4.96. The Balaban J connectivity index is 2.69. The van der Waals surface area contributed by atoms with Gasteiger partial charge in [0.1, 0.15) is 0 Å². The Morgan fingerprint density at radius 1 is 1.28 bits per heavy atom. The van der Waals surface area contributed by atoms with Crippen molar-refractivity contribution in [3.8, 4) is 0 Å². The Morgan fingerprint density at radius 3 is 2.39 bits per heavy atom. The highest BCUT2D eigenvalue weighted by atomic mass is 32.1. The predicted octanol–water partition coefficient (Wildman–Crippen LogP) is 2.70. The second kappa shape index (κ2) is 7.11. The third-order valence-electron chi connectivity index (χ3n) is 2.57. The fraction of sp³-hybridized carbons (Fsp3) is 0.429. The SMILES string of the molecule is CNC(=S)N/N=C(/C)c1ccc(CC(C)C)cc1. The normalized spacial score (nSPS) is 11.5. The van der Waals surface area contributed by atoms with Crippen LogP contribution in [0.2, 0.25) is 0 Å². The molecule has 0 aliphatic rings. The van der Waals surface area contributed by atoms with Crippen molar-refractivity contribution in [2.45, 2.75) is 27.2 Å². The molecule has 0 heterocycles. The van der Waals surface area contributed by atoms with E-state index < -0.39 is 0 Å². The fourth-order valence-corrected chi connectivity index (χ4v) is 1.65. The minimum Gasteiger partial charge on any atom is -0.364 e. The standard InChI is InChI=1S/C14H21N3S/c1-10(2)9-12-5-7-13(8-6-12)11(3)16-17-14(18)15-4/h5-8,10H,9H2,1-4H3,(H2,15,17,18)/b16-11-. The Bertz CT molecular complexity index is 421. The first-order chi connectivity index (χ1) is 8.52. The number of hydrogen-bond donors (Lipinski definition) is 2. The molecule has 0 bridgehead atoms. The lowest BCUT2D eigenvalue weighted by atomic mass is 10.0. The Hall–Kier alpha value is -1.42. The van der Waals surface area contributed by atoms with Gasteiger partial charge in [-0.3, -0.25) is 5.43 Å². The summed E-state index contributed by atoms with van der Waals surface area (Å²) in [5.74, 6) is 0.681. The van der Waals surface area contributed by atoms with E-state index in [1.54, 1.807) is 7.05 Å². The largest absolute Gasteiger partial charge is 0.364 e. The molecule has 0 amide bonds. The third kappa shape index (κ3) is 4.84. The number of rotatable bonds is 4. The smallest absolute Gasteiger partial charge is 0.186 e. The number of hydrogen-bond acceptors (Lipinski definition) is 2. The first kappa shape index (κ1) is 14.6.